The second-order valence-electron chi connectivity index (χ2n) is 3.47. The molecule has 0 fully saturated rings. The Balaban J connectivity index is 0.00000289. The third-order valence-electron chi connectivity index (χ3n) is 2.10. The number of carboxylic acids is 1. The summed E-state index contributed by atoms with van der Waals surface area (Å²) in [6.45, 7) is 0.0992. The maximum atomic E-state index is 12.6. The van der Waals surface area contributed by atoms with Crippen LogP contribution in [0.3, 0.4) is 0 Å². The number of esters is 1. The van der Waals surface area contributed by atoms with Crippen molar-refractivity contribution >= 4 is 11.9 Å². The van der Waals surface area contributed by atoms with Crippen LogP contribution in [0.15, 0.2) is 30.3 Å². The van der Waals surface area contributed by atoms with E-state index in [2.05, 4.69) is 0 Å². The van der Waals surface area contributed by atoms with E-state index in [1.54, 1.807) is 24.3 Å². The van der Waals surface area contributed by atoms with E-state index in [0.29, 0.717) is 0 Å². The first kappa shape index (κ1) is 17.1. The molecule has 6 heteroatoms. The summed E-state index contributed by atoms with van der Waals surface area (Å²) in [6, 6.07) is 9.01. The standard InChI is InChI=1S/C12H13FO4.Na/c13-10(12(15)16)6-7-11(14)17-8-9-4-2-1-3-5-9;/h1-5,10H,6-8H2,(H,15,16);/q;+1/p-1/t10-;/m1./s1. The third-order valence-corrected chi connectivity index (χ3v) is 2.10. The van der Waals surface area contributed by atoms with E-state index < -0.39 is 24.5 Å². The first-order chi connectivity index (χ1) is 8.09. The van der Waals surface area contributed by atoms with Crippen molar-refractivity contribution < 1.29 is 53.4 Å². The van der Waals surface area contributed by atoms with Crippen LogP contribution in [0.4, 0.5) is 4.39 Å². The Labute approximate surface area is 126 Å². The van der Waals surface area contributed by atoms with Crippen molar-refractivity contribution in [3.8, 4) is 0 Å². The van der Waals surface area contributed by atoms with Gasteiger partial charge in [0.2, 0.25) is 0 Å². The number of hydrogen-bond donors (Lipinski definition) is 0. The SMILES string of the molecule is O=C(CC[C@@H](F)C(=O)[O-])OCc1ccccc1.[Na+]. The number of carbonyl (C=O) groups excluding carboxylic acids is 2. The van der Waals surface area contributed by atoms with Crippen LogP contribution in [0.5, 0.6) is 0 Å². The maximum Gasteiger partial charge on any atom is 1.00 e. The van der Waals surface area contributed by atoms with Crippen LogP contribution in [0.25, 0.3) is 0 Å². The Morgan fingerprint density at radius 3 is 2.44 bits per heavy atom. The normalized spacial score (nSPS) is 11.2. The third kappa shape index (κ3) is 6.74. The van der Waals surface area contributed by atoms with Gasteiger partial charge in [-0.3, -0.25) is 4.79 Å². The van der Waals surface area contributed by atoms with Gasteiger partial charge in [0, 0.05) is 6.42 Å². The molecule has 0 unspecified atom stereocenters. The van der Waals surface area contributed by atoms with Gasteiger partial charge in [-0.05, 0) is 12.0 Å². The Morgan fingerprint density at radius 2 is 1.89 bits per heavy atom. The van der Waals surface area contributed by atoms with Gasteiger partial charge in [-0.2, -0.15) is 0 Å². The molecule has 1 rings (SSSR count). The molecule has 1 aromatic rings. The molecule has 0 aliphatic carbocycles. The molecule has 18 heavy (non-hydrogen) atoms. The Hall–Kier alpha value is -0.910. The zero-order valence-corrected chi connectivity index (χ0v) is 12.1. The van der Waals surface area contributed by atoms with Crippen LogP contribution in [-0.4, -0.2) is 18.1 Å². The Bertz CT molecular complexity index is 383. The van der Waals surface area contributed by atoms with Crippen molar-refractivity contribution in [3.05, 3.63) is 35.9 Å². The summed E-state index contributed by atoms with van der Waals surface area (Å²) in [5.41, 5.74) is 0.817. The molecule has 1 atom stereocenters. The molecule has 4 nitrogen and oxygen atoms in total. The molecule has 0 aliphatic heterocycles. The van der Waals surface area contributed by atoms with Crippen LogP contribution in [0.1, 0.15) is 18.4 Å². The number of hydrogen-bond acceptors (Lipinski definition) is 4. The average molecular weight is 262 g/mol. The molecule has 0 spiro atoms. The fraction of sp³-hybridized carbons (Fsp3) is 0.333. The zero-order chi connectivity index (χ0) is 12.7. The van der Waals surface area contributed by atoms with Crippen molar-refractivity contribution in [2.45, 2.75) is 25.6 Å². The molecule has 0 saturated carbocycles. The van der Waals surface area contributed by atoms with Gasteiger partial charge in [0.1, 0.15) is 12.8 Å². The second-order valence-corrected chi connectivity index (χ2v) is 3.47. The van der Waals surface area contributed by atoms with E-state index in [-0.39, 0.29) is 42.6 Å². The van der Waals surface area contributed by atoms with Gasteiger partial charge in [-0.1, -0.05) is 30.3 Å². The first-order valence-electron chi connectivity index (χ1n) is 5.14. The Morgan fingerprint density at radius 1 is 1.28 bits per heavy atom. The van der Waals surface area contributed by atoms with E-state index in [1.807, 2.05) is 6.07 Å². The number of carbonyl (C=O) groups is 2. The number of alkyl halides is 1. The summed E-state index contributed by atoms with van der Waals surface area (Å²) in [4.78, 5) is 21.2. The maximum absolute atomic E-state index is 12.6. The van der Waals surface area contributed by atoms with Crippen molar-refractivity contribution in [3.63, 3.8) is 0 Å². The molecule has 0 aliphatic rings. The molecule has 1 aromatic carbocycles. The number of halogens is 1. The van der Waals surface area contributed by atoms with Crippen molar-refractivity contribution in [1.29, 1.82) is 0 Å². The van der Waals surface area contributed by atoms with Crippen molar-refractivity contribution in [2.24, 2.45) is 0 Å². The van der Waals surface area contributed by atoms with Gasteiger partial charge in [-0.25, -0.2) is 4.39 Å². The smallest absolute Gasteiger partial charge is 0.547 e. The number of benzene rings is 1. The largest absolute Gasteiger partial charge is 1.00 e. The zero-order valence-electron chi connectivity index (χ0n) is 10.1. The van der Waals surface area contributed by atoms with E-state index >= 15 is 0 Å². The number of rotatable bonds is 6. The quantitative estimate of drug-likeness (QED) is 0.423. The molecular formula is C12H12FNaO4. The number of aliphatic carboxylic acids is 1. The molecular weight excluding hydrogens is 250 g/mol. The van der Waals surface area contributed by atoms with Crippen molar-refractivity contribution in [1.82, 2.24) is 0 Å². The van der Waals surface area contributed by atoms with E-state index in [4.69, 9.17) is 4.74 Å². The molecule has 0 radical (unpaired) electrons. The minimum absolute atomic E-state index is 0. The van der Waals surface area contributed by atoms with Gasteiger partial charge in [-0.15, -0.1) is 0 Å². The van der Waals surface area contributed by atoms with Crippen LogP contribution in [0.2, 0.25) is 0 Å². The summed E-state index contributed by atoms with van der Waals surface area (Å²) in [6.07, 6.45) is -2.82. The van der Waals surface area contributed by atoms with E-state index in [9.17, 15) is 19.1 Å². The van der Waals surface area contributed by atoms with E-state index in [0.717, 1.165) is 5.56 Å². The summed E-state index contributed by atoms with van der Waals surface area (Å²) in [5, 5.41) is 10.1. The molecule has 92 valence electrons. The van der Waals surface area contributed by atoms with Gasteiger partial charge in [0.15, 0.2) is 0 Å². The summed E-state index contributed by atoms with van der Waals surface area (Å²) in [7, 11) is 0. The summed E-state index contributed by atoms with van der Waals surface area (Å²) >= 11 is 0. The molecule has 0 heterocycles. The monoisotopic (exact) mass is 262 g/mol. The van der Waals surface area contributed by atoms with Gasteiger partial charge < -0.3 is 14.6 Å². The van der Waals surface area contributed by atoms with Gasteiger partial charge >= 0.3 is 35.5 Å². The summed E-state index contributed by atoms with van der Waals surface area (Å²) < 4.78 is 17.4. The predicted octanol–water partition coefficient (Wildman–Crippen LogP) is -2.40. The minimum atomic E-state index is -2.13. The first-order valence-corrected chi connectivity index (χ1v) is 5.14. The molecule has 0 aromatic heterocycles. The average Bonchev–Trinajstić information content (AvgIpc) is 2.34. The number of carboxylic acid groups (broad SMARTS) is 1. The minimum Gasteiger partial charge on any atom is -0.547 e. The molecule has 0 saturated heterocycles. The molecule has 0 bridgehead atoms. The summed E-state index contributed by atoms with van der Waals surface area (Å²) in [5.74, 6) is -2.43. The van der Waals surface area contributed by atoms with Crippen LogP contribution < -0.4 is 34.7 Å². The van der Waals surface area contributed by atoms with Gasteiger partial charge in [0.25, 0.3) is 0 Å². The molecule has 0 N–H and O–H groups in total. The van der Waals surface area contributed by atoms with Crippen LogP contribution in [-0.2, 0) is 20.9 Å². The van der Waals surface area contributed by atoms with Crippen LogP contribution >= 0.6 is 0 Å². The van der Waals surface area contributed by atoms with E-state index in [1.165, 1.54) is 0 Å². The van der Waals surface area contributed by atoms with Gasteiger partial charge in [0.05, 0.1) is 5.97 Å². The second kappa shape index (κ2) is 9.08. The topological polar surface area (TPSA) is 66.4 Å². The fourth-order valence-corrected chi connectivity index (χ4v) is 1.17. The van der Waals surface area contributed by atoms with Crippen LogP contribution in [0, 0.1) is 0 Å². The number of ether oxygens (including phenoxy) is 1. The molecule has 0 amide bonds. The Kier molecular flexibility index (Phi) is 8.62. The fourth-order valence-electron chi connectivity index (χ4n) is 1.17. The van der Waals surface area contributed by atoms with Crippen molar-refractivity contribution in [2.75, 3.05) is 0 Å². The predicted molar refractivity (Wildman–Crippen MR) is 55.4 cm³/mol.